The molecule has 0 atom stereocenters. The van der Waals surface area contributed by atoms with Crippen LogP contribution >= 0.6 is 0 Å². The molecule has 0 saturated carbocycles. The van der Waals surface area contributed by atoms with Crippen LogP contribution in [0.3, 0.4) is 0 Å². The monoisotopic (exact) mass is 423 g/mol. The van der Waals surface area contributed by atoms with E-state index in [2.05, 4.69) is 4.72 Å². The molecule has 2 rings (SSSR count). The van der Waals surface area contributed by atoms with E-state index in [0.717, 1.165) is 17.7 Å². The molecule has 158 valence electrons. The number of carboxylic acids is 1. The van der Waals surface area contributed by atoms with Crippen LogP contribution in [0, 0.1) is 25.1 Å². The second-order valence-corrected chi connectivity index (χ2v) is 9.32. The van der Waals surface area contributed by atoms with Crippen molar-refractivity contribution >= 4 is 21.7 Å². The van der Waals surface area contributed by atoms with Crippen molar-refractivity contribution in [3.05, 3.63) is 53.3 Å². The van der Waals surface area contributed by atoms with Gasteiger partial charge in [0.25, 0.3) is 10.0 Å². The lowest BCUT2D eigenvalue weighted by molar-refractivity contribution is -0.147. The summed E-state index contributed by atoms with van der Waals surface area (Å²) < 4.78 is 46.3. The van der Waals surface area contributed by atoms with Crippen LogP contribution in [0.4, 0.5) is 10.1 Å². The number of nitrogens with one attached hydrogen (secondary N) is 1. The average molecular weight is 424 g/mol. The Morgan fingerprint density at radius 1 is 1.14 bits per heavy atom. The number of rotatable bonds is 9. The van der Waals surface area contributed by atoms with Crippen molar-refractivity contribution in [1.82, 2.24) is 0 Å². The number of ether oxygens (including phenoxy) is 1. The maximum atomic E-state index is 13.0. The summed E-state index contributed by atoms with van der Waals surface area (Å²) in [5.41, 5.74) is 1.01. The molecule has 0 heterocycles. The van der Waals surface area contributed by atoms with E-state index in [1.807, 2.05) is 0 Å². The van der Waals surface area contributed by atoms with Crippen LogP contribution in [-0.2, 0) is 14.8 Å². The standard InChI is InChI=1S/C21H26FNO5S/c1-14-13-19(28-11-5-10-21(3,4)20(24)25)15(2)12-18(14)23-29(26,27)17-8-6-16(22)7-9-17/h6-9,12-13,23H,5,10-11H2,1-4H3,(H,24,25). The Morgan fingerprint density at radius 2 is 1.76 bits per heavy atom. The number of sulfonamides is 1. The molecule has 2 aromatic rings. The summed E-state index contributed by atoms with van der Waals surface area (Å²) in [4.78, 5) is 11.1. The molecule has 0 aliphatic carbocycles. The van der Waals surface area contributed by atoms with E-state index < -0.39 is 27.2 Å². The quantitative estimate of drug-likeness (QED) is 0.579. The Morgan fingerprint density at radius 3 is 2.34 bits per heavy atom. The highest BCUT2D eigenvalue weighted by Crippen LogP contribution is 2.29. The van der Waals surface area contributed by atoms with Gasteiger partial charge in [-0.3, -0.25) is 9.52 Å². The van der Waals surface area contributed by atoms with Crippen molar-refractivity contribution in [1.29, 1.82) is 0 Å². The molecule has 2 aromatic carbocycles. The maximum Gasteiger partial charge on any atom is 0.309 e. The lowest BCUT2D eigenvalue weighted by atomic mass is 9.88. The number of hydrogen-bond donors (Lipinski definition) is 2. The van der Waals surface area contributed by atoms with Crippen molar-refractivity contribution in [3.8, 4) is 5.75 Å². The van der Waals surface area contributed by atoms with Gasteiger partial charge in [0.15, 0.2) is 0 Å². The molecule has 0 spiro atoms. The summed E-state index contributed by atoms with van der Waals surface area (Å²) in [5, 5.41) is 9.14. The van der Waals surface area contributed by atoms with Gasteiger partial charge in [0, 0.05) is 0 Å². The molecule has 0 aliphatic rings. The molecule has 0 aromatic heterocycles. The van der Waals surface area contributed by atoms with Crippen LogP contribution in [0.5, 0.6) is 5.75 Å². The molecule has 0 aliphatic heterocycles. The largest absolute Gasteiger partial charge is 0.493 e. The van der Waals surface area contributed by atoms with Crippen molar-refractivity contribution in [2.75, 3.05) is 11.3 Å². The molecule has 2 N–H and O–H groups in total. The summed E-state index contributed by atoms with van der Waals surface area (Å²) >= 11 is 0. The summed E-state index contributed by atoms with van der Waals surface area (Å²) in [6.45, 7) is 7.26. The lowest BCUT2D eigenvalue weighted by Gasteiger charge is -2.19. The van der Waals surface area contributed by atoms with Crippen LogP contribution in [0.25, 0.3) is 0 Å². The molecule has 0 bridgehead atoms. The molecule has 6 nitrogen and oxygen atoms in total. The van der Waals surface area contributed by atoms with Gasteiger partial charge in [-0.15, -0.1) is 0 Å². The third kappa shape index (κ3) is 5.93. The van der Waals surface area contributed by atoms with E-state index in [1.165, 1.54) is 12.1 Å². The number of carbonyl (C=O) groups is 1. The first kappa shape index (κ1) is 22.7. The average Bonchev–Trinajstić information content (AvgIpc) is 2.62. The van der Waals surface area contributed by atoms with Crippen molar-refractivity contribution in [2.45, 2.75) is 45.4 Å². The molecular formula is C21H26FNO5S. The zero-order chi connectivity index (χ0) is 21.8. The van der Waals surface area contributed by atoms with E-state index >= 15 is 0 Å². The first-order valence-corrected chi connectivity index (χ1v) is 10.7. The van der Waals surface area contributed by atoms with E-state index in [1.54, 1.807) is 39.8 Å². The Bertz CT molecular complexity index is 985. The van der Waals surface area contributed by atoms with Crippen LogP contribution in [0.2, 0.25) is 0 Å². The minimum absolute atomic E-state index is 0.0303. The third-order valence-electron chi connectivity index (χ3n) is 4.67. The number of halogens is 1. The van der Waals surface area contributed by atoms with Crippen molar-refractivity contribution in [2.24, 2.45) is 5.41 Å². The Labute approximate surface area is 170 Å². The SMILES string of the molecule is Cc1cc(OCCCC(C)(C)C(=O)O)c(C)cc1NS(=O)(=O)c1ccc(F)cc1. The first-order chi connectivity index (χ1) is 13.4. The molecular weight excluding hydrogens is 397 g/mol. The van der Waals surface area contributed by atoms with Crippen LogP contribution in [-0.4, -0.2) is 26.1 Å². The molecule has 0 amide bonds. The molecule has 0 saturated heterocycles. The van der Waals surface area contributed by atoms with Crippen molar-refractivity contribution < 1.29 is 27.4 Å². The van der Waals surface area contributed by atoms with Crippen LogP contribution in [0.1, 0.15) is 37.8 Å². The van der Waals surface area contributed by atoms with Gasteiger partial charge < -0.3 is 9.84 Å². The van der Waals surface area contributed by atoms with E-state index in [0.29, 0.717) is 36.4 Å². The maximum absolute atomic E-state index is 13.0. The highest BCUT2D eigenvalue weighted by molar-refractivity contribution is 7.92. The first-order valence-electron chi connectivity index (χ1n) is 9.18. The molecule has 0 radical (unpaired) electrons. The van der Waals surface area contributed by atoms with E-state index in [-0.39, 0.29) is 4.90 Å². The third-order valence-corrected chi connectivity index (χ3v) is 6.05. The number of anilines is 1. The van der Waals surface area contributed by atoms with Crippen LogP contribution in [0.15, 0.2) is 41.3 Å². The summed E-state index contributed by atoms with van der Waals surface area (Å²) in [6, 6.07) is 8.00. The topological polar surface area (TPSA) is 92.7 Å². The van der Waals surface area contributed by atoms with Gasteiger partial charge in [-0.2, -0.15) is 0 Å². The normalized spacial score (nSPS) is 11.9. The highest BCUT2D eigenvalue weighted by atomic mass is 32.2. The Balaban J connectivity index is 2.07. The predicted octanol–water partition coefficient (Wildman–Crippen LogP) is 4.51. The number of aliphatic carboxylic acids is 1. The number of aryl methyl sites for hydroxylation is 2. The van der Waals surface area contributed by atoms with E-state index in [4.69, 9.17) is 9.84 Å². The zero-order valence-electron chi connectivity index (χ0n) is 17.0. The van der Waals surface area contributed by atoms with Gasteiger partial charge in [-0.1, -0.05) is 0 Å². The number of benzene rings is 2. The summed E-state index contributed by atoms with van der Waals surface area (Å²) in [5.74, 6) is -0.744. The summed E-state index contributed by atoms with van der Waals surface area (Å²) in [7, 11) is -3.84. The van der Waals surface area contributed by atoms with Gasteiger partial charge in [0.05, 0.1) is 22.6 Å². The van der Waals surface area contributed by atoms with Gasteiger partial charge in [0.2, 0.25) is 0 Å². The molecule has 0 unspecified atom stereocenters. The molecule has 0 fully saturated rings. The smallest absolute Gasteiger partial charge is 0.309 e. The predicted molar refractivity (Wildman–Crippen MR) is 109 cm³/mol. The summed E-state index contributed by atoms with van der Waals surface area (Å²) in [6.07, 6.45) is 1.06. The minimum Gasteiger partial charge on any atom is -0.493 e. The fourth-order valence-electron chi connectivity index (χ4n) is 2.68. The fourth-order valence-corrected chi connectivity index (χ4v) is 3.80. The van der Waals surface area contributed by atoms with Gasteiger partial charge in [-0.05, 0) is 88.1 Å². The molecule has 29 heavy (non-hydrogen) atoms. The fraction of sp³-hybridized carbons (Fsp3) is 0.381. The lowest BCUT2D eigenvalue weighted by Crippen LogP contribution is -2.24. The van der Waals surface area contributed by atoms with E-state index in [9.17, 15) is 17.6 Å². The number of carboxylic acid groups (broad SMARTS) is 1. The Hall–Kier alpha value is -2.61. The Kier molecular flexibility index (Phi) is 6.89. The number of hydrogen-bond acceptors (Lipinski definition) is 4. The van der Waals surface area contributed by atoms with Crippen LogP contribution < -0.4 is 9.46 Å². The second kappa shape index (κ2) is 8.82. The van der Waals surface area contributed by atoms with Gasteiger partial charge in [0.1, 0.15) is 11.6 Å². The van der Waals surface area contributed by atoms with Gasteiger partial charge >= 0.3 is 5.97 Å². The van der Waals surface area contributed by atoms with Crippen molar-refractivity contribution in [3.63, 3.8) is 0 Å². The highest BCUT2D eigenvalue weighted by Gasteiger charge is 2.26. The minimum atomic E-state index is -3.84. The molecule has 8 heteroatoms. The second-order valence-electron chi connectivity index (χ2n) is 7.63. The zero-order valence-corrected chi connectivity index (χ0v) is 17.8. The van der Waals surface area contributed by atoms with Gasteiger partial charge in [-0.25, -0.2) is 12.8 Å².